The molecule has 0 saturated heterocycles. The number of nitrogens with one attached hydrogen (secondary N) is 1. The Morgan fingerprint density at radius 1 is 1.22 bits per heavy atom. The van der Waals surface area contributed by atoms with Crippen LogP contribution >= 0.6 is 35.6 Å². The molecule has 0 bridgehead atoms. The molecule has 9 heteroatoms. The molecule has 2 aromatic rings. The number of nitrogens with zero attached hydrogens (tertiary/aromatic N) is 1. The Kier molecular flexibility index (Phi) is 9.89. The van der Waals surface area contributed by atoms with Crippen LogP contribution < -0.4 is 15.8 Å². The zero-order chi connectivity index (χ0) is 19.0. The summed E-state index contributed by atoms with van der Waals surface area (Å²) in [5.74, 6) is 0.867. The van der Waals surface area contributed by atoms with Gasteiger partial charge in [0.2, 0.25) is 0 Å². The number of nitrogens with two attached hydrogens (primary N) is 1. The number of hydrogen-bond donors (Lipinski definition) is 2. The van der Waals surface area contributed by atoms with Crippen LogP contribution in [-0.2, 0) is 15.6 Å². The van der Waals surface area contributed by atoms with E-state index in [4.69, 9.17) is 22.1 Å². The number of methoxy groups -OCH3 is 1. The van der Waals surface area contributed by atoms with Crippen molar-refractivity contribution >= 4 is 57.1 Å². The molecule has 148 valence electrons. The molecule has 6 nitrogen and oxygen atoms in total. The average Bonchev–Trinajstić information content (AvgIpc) is 2.59. The first kappa shape index (κ1) is 23.5. The zero-order valence-electron chi connectivity index (χ0n) is 14.9. The van der Waals surface area contributed by atoms with Gasteiger partial charge in [0, 0.05) is 12.2 Å². The number of anilines is 1. The van der Waals surface area contributed by atoms with E-state index in [1.54, 1.807) is 30.3 Å². The molecule has 2 aromatic carbocycles. The van der Waals surface area contributed by atoms with Crippen LogP contribution in [-0.4, -0.2) is 33.8 Å². The highest BCUT2D eigenvalue weighted by Crippen LogP contribution is 2.27. The van der Waals surface area contributed by atoms with Gasteiger partial charge in [-0.1, -0.05) is 41.9 Å². The van der Waals surface area contributed by atoms with E-state index < -0.39 is 9.84 Å². The minimum Gasteiger partial charge on any atom is -0.495 e. The van der Waals surface area contributed by atoms with Gasteiger partial charge in [-0.3, -0.25) is 4.99 Å². The number of halogens is 2. The summed E-state index contributed by atoms with van der Waals surface area (Å²) in [5, 5.41) is 3.37. The predicted molar refractivity (Wildman–Crippen MR) is 122 cm³/mol. The fourth-order valence-corrected chi connectivity index (χ4v) is 3.99. The quantitative estimate of drug-likeness (QED) is 0.238. The third-order valence-corrected chi connectivity index (χ3v) is 5.53. The van der Waals surface area contributed by atoms with Crippen LogP contribution in [0.2, 0.25) is 5.02 Å². The lowest BCUT2D eigenvalue weighted by atomic mass is 10.2. The van der Waals surface area contributed by atoms with Gasteiger partial charge in [0.15, 0.2) is 15.8 Å². The second-order valence-electron chi connectivity index (χ2n) is 5.67. The first-order valence-electron chi connectivity index (χ1n) is 8.04. The van der Waals surface area contributed by atoms with Crippen molar-refractivity contribution in [1.29, 1.82) is 0 Å². The van der Waals surface area contributed by atoms with Crippen molar-refractivity contribution in [3.63, 3.8) is 0 Å². The van der Waals surface area contributed by atoms with Crippen LogP contribution in [0.3, 0.4) is 0 Å². The maximum absolute atomic E-state index is 12.1. The van der Waals surface area contributed by atoms with Crippen LogP contribution in [0, 0.1) is 0 Å². The van der Waals surface area contributed by atoms with Gasteiger partial charge in [0.25, 0.3) is 0 Å². The fourth-order valence-electron chi connectivity index (χ4n) is 2.32. The van der Waals surface area contributed by atoms with Gasteiger partial charge in [-0.05, 0) is 30.2 Å². The lowest BCUT2D eigenvalue weighted by Crippen LogP contribution is -2.23. The Balaban J connectivity index is 0.00000364. The number of benzene rings is 2. The smallest absolute Gasteiger partial charge is 0.193 e. The fraction of sp³-hybridized carbons (Fsp3) is 0.278. The second kappa shape index (κ2) is 11.4. The van der Waals surface area contributed by atoms with Crippen LogP contribution in [0.15, 0.2) is 53.5 Å². The average molecular weight is 524 g/mol. The standard InChI is InChI=1S/C18H22ClN3O3S.HI/c1-25-17-9-8-15(12-16(17)19)22-18(20)21-10-5-11-26(23,24)13-14-6-3-2-4-7-14;/h2-4,6-9,12H,5,10-11,13H2,1H3,(H3,20,21,22);1H. The van der Waals surface area contributed by atoms with Crippen molar-refractivity contribution in [2.45, 2.75) is 12.2 Å². The molecule has 0 spiro atoms. The molecular formula is C18H23ClIN3O3S. The lowest BCUT2D eigenvalue weighted by molar-refractivity contribution is 0.415. The first-order chi connectivity index (χ1) is 12.4. The van der Waals surface area contributed by atoms with E-state index in [0.29, 0.717) is 29.4 Å². The van der Waals surface area contributed by atoms with Gasteiger partial charge in [0.1, 0.15) is 5.75 Å². The molecular weight excluding hydrogens is 501 g/mol. The van der Waals surface area contributed by atoms with E-state index in [-0.39, 0.29) is 41.4 Å². The Labute approximate surface area is 182 Å². The van der Waals surface area contributed by atoms with Gasteiger partial charge in [-0.25, -0.2) is 8.42 Å². The molecule has 0 atom stereocenters. The summed E-state index contributed by atoms with van der Waals surface area (Å²) in [6, 6.07) is 14.3. The summed E-state index contributed by atoms with van der Waals surface area (Å²) in [6.07, 6.45) is 0.404. The Morgan fingerprint density at radius 2 is 1.93 bits per heavy atom. The van der Waals surface area contributed by atoms with Gasteiger partial charge in [0.05, 0.1) is 23.6 Å². The predicted octanol–water partition coefficient (Wildman–Crippen LogP) is 3.70. The maximum atomic E-state index is 12.1. The lowest BCUT2D eigenvalue weighted by Gasteiger charge is -2.08. The monoisotopic (exact) mass is 523 g/mol. The molecule has 0 aliphatic rings. The Bertz CT molecular complexity index is 861. The van der Waals surface area contributed by atoms with E-state index in [2.05, 4.69) is 10.3 Å². The third-order valence-electron chi connectivity index (χ3n) is 3.55. The number of aliphatic imine (C=N–C) groups is 1. The van der Waals surface area contributed by atoms with Gasteiger partial charge >= 0.3 is 0 Å². The topological polar surface area (TPSA) is 93.8 Å². The summed E-state index contributed by atoms with van der Waals surface area (Å²) in [6.45, 7) is 0.316. The molecule has 0 aliphatic carbocycles. The normalized spacial score (nSPS) is 11.6. The zero-order valence-corrected chi connectivity index (χ0v) is 18.8. The van der Waals surface area contributed by atoms with Crippen molar-refractivity contribution in [1.82, 2.24) is 0 Å². The molecule has 0 amide bonds. The molecule has 2 rings (SSSR count). The molecule has 27 heavy (non-hydrogen) atoms. The molecule has 0 heterocycles. The van der Waals surface area contributed by atoms with E-state index in [1.165, 1.54) is 7.11 Å². The number of hydrogen-bond acceptors (Lipinski definition) is 4. The summed E-state index contributed by atoms with van der Waals surface area (Å²) in [5.41, 5.74) is 7.28. The number of ether oxygens (including phenoxy) is 1. The third kappa shape index (κ3) is 8.35. The number of sulfone groups is 1. The van der Waals surface area contributed by atoms with E-state index in [1.807, 2.05) is 18.2 Å². The number of guanidine groups is 1. The van der Waals surface area contributed by atoms with Crippen molar-refractivity contribution in [2.75, 3.05) is 24.7 Å². The highest BCUT2D eigenvalue weighted by Gasteiger charge is 2.11. The molecule has 0 radical (unpaired) electrons. The molecule has 0 unspecified atom stereocenters. The van der Waals surface area contributed by atoms with E-state index in [0.717, 1.165) is 5.56 Å². The van der Waals surface area contributed by atoms with Gasteiger partial charge < -0.3 is 15.8 Å². The molecule has 0 aromatic heterocycles. The number of rotatable bonds is 8. The second-order valence-corrected chi connectivity index (χ2v) is 8.26. The van der Waals surface area contributed by atoms with Crippen molar-refractivity contribution in [3.8, 4) is 5.75 Å². The van der Waals surface area contributed by atoms with Gasteiger partial charge in [-0.2, -0.15) is 0 Å². The Hall–Kier alpha value is -1.52. The summed E-state index contributed by atoms with van der Waals surface area (Å²) in [7, 11) is -1.63. The van der Waals surface area contributed by atoms with Crippen molar-refractivity contribution in [2.24, 2.45) is 10.7 Å². The maximum Gasteiger partial charge on any atom is 0.193 e. The van der Waals surface area contributed by atoms with Crippen LogP contribution in [0.1, 0.15) is 12.0 Å². The highest BCUT2D eigenvalue weighted by molar-refractivity contribution is 14.0. The van der Waals surface area contributed by atoms with Crippen LogP contribution in [0.5, 0.6) is 5.75 Å². The molecule has 0 saturated carbocycles. The highest BCUT2D eigenvalue weighted by atomic mass is 127. The van der Waals surface area contributed by atoms with Crippen molar-refractivity contribution < 1.29 is 13.2 Å². The minimum atomic E-state index is -3.17. The summed E-state index contributed by atoms with van der Waals surface area (Å²) in [4.78, 5) is 4.15. The van der Waals surface area contributed by atoms with Crippen LogP contribution in [0.4, 0.5) is 5.69 Å². The summed E-state index contributed by atoms with van der Waals surface area (Å²) < 4.78 is 29.3. The SMILES string of the molecule is COc1ccc(NC(N)=NCCCS(=O)(=O)Cc2ccccc2)cc1Cl.I. The van der Waals surface area contributed by atoms with E-state index >= 15 is 0 Å². The Morgan fingerprint density at radius 3 is 2.56 bits per heavy atom. The van der Waals surface area contributed by atoms with Crippen LogP contribution in [0.25, 0.3) is 0 Å². The largest absolute Gasteiger partial charge is 0.495 e. The minimum absolute atomic E-state index is 0. The first-order valence-corrected chi connectivity index (χ1v) is 10.2. The van der Waals surface area contributed by atoms with Crippen molar-refractivity contribution in [3.05, 3.63) is 59.1 Å². The molecule has 0 fully saturated rings. The van der Waals surface area contributed by atoms with Gasteiger partial charge in [-0.15, -0.1) is 24.0 Å². The summed E-state index contributed by atoms with van der Waals surface area (Å²) >= 11 is 6.04. The van der Waals surface area contributed by atoms with E-state index in [9.17, 15) is 8.42 Å². The molecule has 3 N–H and O–H groups in total. The molecule has 0 aliphatic heterocycles.